The third-order valence-corrected chi connectivity index (χ3v) is 2.91. The van der Waals surface area contributed by atoms with Gasteiger partial charge < -0.3 is 15.4 Å². The molecule has 0 radical (unpaired) electrons. The summed E-state index contributed by atoms with van der Waals surface area (Å²) in [6, 6.07) is 0. The topological polar surface area (TPSA) is 33.3 Å². The van der Waals surface area contributed by atoms with E-state index in [4.69, 9.17) is 4.74 Å². The van der Waals surface area contributed by atoms with Crippen LogP contribution in [0.3, 0.4) is 0 Å². The van der Waals surface area contributed by atoms with Crippen LogP contribution in [0.25, 0.3) is 0 Å². The second-order valence-corrected chi connectivity index (χ2v) is 6.70. The van der Waals surface area contributed by atoms with Crippen molar-refractivity contribution >= 4 is 0 Å². The van der Waals surface area contributed by atoms with Gasteiger partial charge in [-0.2, -0.15) is 0 Å². The summed E-state index contributed by atoms with van der Waals surface area (Å²) in [7, 11) is 0. The number of unbranched alkanes of at least 4 members (excludes halogenated alkanes) is 1. The predicted octanol–water partition coefficient (Wildman–Crippen LogP) is 2.95. The van der Waals surface area contributed by atoms with E-state index in [2.05, 4.69) is 52.2 Å². The molecule has 0 atom stereocenters. The Kier molecular flexibility index (Phi) is 8.83. The average molecular weight is 258 g/mol. The zero-order chi connectivity index (χ0) is 14.1. The molecule has 0 saturated heterocycles. The SMILES string of the molecule is CCCCNC(C)(C)CCOCCNC(C)(C)C. The summed E-state index contributed by atoms with van der Waals surface area (Å²) >= 11 is 0. The Morgan fingerprint density at radius 2 is 1.56 bits per heavy atom. The molecule has 0 aliphatic rings. The van der Waals surface area contributed by atoms with Crippen LogP contribution in [0.2, 0.25) is 0 Å². The Bertz CT molecular complexity index is 197. The first-order valence-electron chi connectivity index (χ1n) is 7.35. The van der Waals surface area contributed by atoms with Crippen molar-refractivity contribution in [1.29, 1.82) is 0 Å². The van der Waals surface area contributed by atoms with Gasteiger partial charge in [-0.3, -0.25) is 0 Å². The smallest absolute Gasteiger partial charge is 0.0591 e. The van der Waals surface area contributed by atoms with Crippen LogP contribution in [0.1, 0.15) is 60.8 Å². The van der Waals surface area contributed by atoms with E-state index in [-0.39, 0.29) is 11.1 Å². The fraction of sp³-hybridized carbons (Fsp3) is 1.00. The zero-order valence-corrected chi connectivity index (χ0v) is 13.4. The van der Waals surface area contributed by atoms with Gasteiger partial charge in [0.1, 0.15) is 0 Å². The van der Waals surface area contributed by atoms with E-state index in [1.54, 1.807) is 0 Å². The van der Waals surface area contributed by atoms with E-state index in [1.165, 1.54) is 12.8 Å². The lowest BCUT2D eigenvalue weighted by atomic mass is 10.0. The predicted molar refractivity (Wildman–Crippen MR) is 80.2 cm³/mol. The van der Waals surface area contributed by atoms with E-state index in [0.717, 1.165) is 32.7 Å². The van der Waals surface area contributed by atoms with Crippen molar-refractivity contribution in [3.63, 3.8) is 0 Å². The summed E-state index contributed by atoms with van der Waals surface area (Å²) in [4.78, 5) is 0. The van der Waals surface area contributed by atoms with Gasteiger partial charge in [-0.25, -0.2) is 0 Å². The van der Waals surface area contributed by atoms with Gasteiger partial charge in [0, 0.05) is 24.2 Å². The van der Waals surface area contributed by atoms with Crippen LogP contribution in [0.5, 0.6) is 0 Å². The van der Waals surface area contributed by atoms with Crippen molar-refractivity contribution in [3.05, 3.63) is 0 Å². The number of hydrogen-bond acceptors (Lipinski definition) is 3. The molecule has 0 fully saturated rings. The van der Waals surface area contributed by atoms with Gasteiger partial charge in [-0.15, -0.1) is 0 Å². The Balaban J connectivity index is 3.46. The lowest BCUT2D eigenvalue weighted by Crippen LogP contribution is -2.41. The number of ether oxygens (including phenoxy) is 1. The summed E-state index contributed by atoms with van der Waals surface area (Å²) in [6.45, 7) is 16.9. The van der Waals surface area contributed by atoms with Gasteiger partial charge in [-0.1, -0.05) is 13.3 Å². The van der Waals surface area contributed by atoms with Gasteiger partial charge in [0.05, 0.1) is 6.61 Å². The van der Waals surface area contributed by atoms with Gasteiger partial charge in [0.2, 0.25) is 0 Å². The van der Waals surface area contributed by atoms with E-state index < -0.39 is 0 Å². The van der Waals surface area contributed by atoms with Crippen LogP contribution < -0.4 is 10.6 Å². The molecule has 0 aliphatic heterocycles. The Labute approximate surface area is 114 Å². The normalized spacial score (nSPS) is 13.0. The molecule has 0 spiro atoms. The van der Waals surface area contributed by atoms with Crippen molar-refractivity contribution < 1.29 is 4.74 Å². The quantitative estimate of drug-likeness (QED) is 0.591. The van der Waals surface area contributed by atoms with E-state index in [0.29, 0.717) is 0 Å². The van der Waals surface area contributed by atoms with Crippen molar-refractivity contribution in [1.82, 2.24) is 10.6 Å². The molecule has 0 unspecified atom stereocenters. The fourth-order valence-corrected chi connectivity index (χ4v) is 1.62. The Morgan fingerprint density at radius 1 is 0.889 bits per heavy atom. The van der Waals surface area contributed by atoms with Crippen molar-refractivity contribution in [2.75, 3.05) is 26.3 Å². The largest absolute Gasteiger partial charge is 0.380 e. The molecule has 0 heterocycles. The minimum atomic E-state index is 0.185. The van der Waals surface area contributed by atoms with Gasteiger partial charge in [0.25, 0.3) is 0 Å². The first-order chi connectivity index (χ1) is 8.27. The first kappa shape index (κ1) is 17.9. The maximum atomic E-state index is 5.67. The maximum absolute atomic E-state index is 5.67. The van der Waals surface area contributed by atoms with Crippen LogP contribution in [-0.4, -0.2) is 37.4 Å². The molecule has 0 aromatic heterocycles. The van der Waals surface area contributed by atoms with Crippen LogP contribution in [-0.2, 0) is 4.74 Å². The average Bonchev–Trinajstić information content (AvgIpc) is 2.22. The fourth-order valence-electron chi connectivity index (χ4n) is 1.62. The Hall–Kier alpha value is -0.120. The van der Waals surface area contributed by atoms with Gasteiger partial charge >= 0.3 is 0 Å². The molecule has 0 aromatic rings. The molecular formula is C15H34N2O. The maximum Gasteiger partial charge on any atom is 0.0591 e. The molecule has 0 rings (SSSR count). The molecule has 3 heteroatoms. The second kappa shape index (κ2) is 8.89. The molecule has 2 N–H and O–H groups in total. The molecule has 0 aromatic carbocycles. The summed E-state index contributed by atoms with van der Waals surface area (Å²) in [6.07, 6.45) is 3.56. The molecule has 18 heavy (non-hydrogen) atoms. The highest BCUT2D eigenvalue weighted by Gasteiger charge is 2.15. The third kappa shape index (κ3) is 12.3. The third-order valence-electron chi connectivity index (χ3n) is 2.91. The molecule has 0 saturated carbocycles. The molecule has 0 bridgehead atoms. The van der Waals surface area contributed by atoms with E-state index >= 15 is 0 Å². The van der Waals surface area contributed by atoms with Gasteiger partial charge in [-0.05, 0) is 54.0 Å². The standard InChI is InChI=1S/C15H34N2O/c1-7-8-10-17-15(5,6)9-12-18-13-11-16-14(2,3)4/h16-17H,7-13H2,1-6H3. The summed E-state index contributed by atoms with van der Waals surface area (Å²) in [5.74, 6) is 0. The monoisotopic (exact) mass is 258 g/mol. The van der Waals surface area contributed by atoms with E-state index in [9.17, 15) is 0 Å². The Morgan fingerprint density at radius 3 is 2.11 bits per heavy atom. The highest BCUT2D eigenvalue weighted by atomic mass is 16.5. The molecular weight excluding hydrogens is 224 g/mol. The van der Waals surface area contributed by atoms with Crippen LogP contribution in [0.4, 0.5) is 0 Å². The van der Waals surface area contributed by atoms with Crippen molar-refractivity contribution in [2.24, 2.45) is 0 Å². The molecule has 0 aliphatic carbocycles. The highest BCUT2D eigenvalue weighted by Crippen LogP contribution is 2.08. The van der Waals surface area contributed by atoms with Crippen LogP contribution >= 0.6 is 0 Å². The summed E-state index contributed by atoms with van der Waals surface area (Å²) in [5.41, 5.74) is 0.372. The second-order valence-electron chi connectivity index (χ2n) is 6.70. The van der Waals surface area contributed by atoms with Crippen LogP contribution in [0, 0.1) is 0 Å². The number of nitrogens with one attached hydrogen (secondary N) is 2. The number of hydrogen-bond donors (Lipinski definition) is 2. The van der Waals surface area contributed by atoms with Crippen molar-refractivity contribution in [3.8, 4) is 0 Å². The van der Waals surface area contributed by atoms with Crippen molar-refractivity contribution in [2.45, 2.75) is 71.9 Å². The van der Waals surface area contributed by atoms with Crippen LogP contribution in [0.15, 0.2) is 0 Å². The molecule has 110 valence electrons. The minimum absolute atomic E-state index is 0.185. The number of rotatable bonds is 10. The summed E-state index contributed by atoms with van der Waals surface area (Å²) < 4.78 is 5.67. The first-order valence-corrected chi connectivity index (χ1v) is 7.35. The lowest BCUT2D eigenvalue weighted by Gasteiger charge is -2.26. The molecule has 3 nitrogen and oxygen atoms in total. The zero-order valence-electron chi connectivity index (χ0n) is 13.4. The van der Waals surface area contributed by atoms with E-state index in [1.807, 2.05) is 0 Å². The summed E-state index contributed by atoms with van der Waals surface area (Å²) in [5, 5.41) is 7.00. The van der Waals surface area contributed by atoms with Gasteiger partial charge in [0.15, 0.2) is 0 Å². The molecule has 0 amide bonds. The minimum Gasteiger partial charge on any atom is -0.380 e. The lowest BCUT2D eigenvalue weighted by molar-refractivity contribution is 0.110. The highest BCUT2D eigenvalue weighted by molar-refractivity contribution is 4.76.